The van der Waals surface area contributed by atoms with Crippen LogP contribution in [0.3, 0.4) is 0 Å². The summed E-state index contributed by atoms with van der Waals surface area (Å²) in [5, 5.41) is 14.3. The van der Waals surface area contributed by atoms with Crippen LogP contribution in [0.1, 0.15) is 32.6 Å². The molecule has 0 atom stereocenters. The Labute approximate surface area is 119 Å². The van der Waals surface area contributed by atoms with Gasteiger partial charge in [0.05, 0.1) is 12.0 Å². The molecule has 1 aliphatic rings. The van der Waals surface area contributed by atoms with E-state index >= 15 is 0 Å². The molecule has 0 amide bonds. The van der Waals surface area contributed by atoms with Crippen molar-refractivity contribution in [2.45, 2.75) is 32.6 Å². The highest BCUT2D eigenvalue weighted by Gasteiger charge is 2.19. The van der Waals surface area contributed by atoms with Gasteiger partial charge in [0.25, 0.3) is 0 Å². The molecule has 1 saturated carbocycles. The number of ether oxygens (including phenoxy) is 1. The molecule has 0 aliphatic heterocycles. The van der Waals surface area contributed by atoms with Crippen molar-refractivity contribution in [2.24, 2.45) is 11.8 Å². The Balaban J connectivity index is 1.96. The second-order valence-corrected chi connectivity index (χ2v) is 5.65. The van der Waals surface area contributed by atoms with E-state index in [0.717, 1.165) is 18.2 Å². The van der Waals surface area contributed by atoms with E-state index in [0.29, 0.717) is 11.7 Å². The Morgan fingerprint density at radius 3 is 2.65 bits per heavy atom. The average Bonchev–Trinajstić information content (AvgIpc) is 2.46. The summed E-state index contributed by atoms with van der Waals surface area (Å²) in [6, 6.07) is 5.02. The van der Waals surface area contributed by atoms with Gasteiger partial charge in [-0.2, -0.15) is 0 Å². The van der Waals surface area contributed by atoms with Crippen molar-refractivity contribution >= 4 is 11.4 Å². The number of nitrogens with one attached hydrogen (secondary N) is 1. The molecule has 2 rings (SSSR count). The van der Waals surface area contributed by atoms with Crippen molar-refractivity contribution < 1.29 is 9.66 Å². The van der Waals surface area contributed by atoms with E-state index in [2.05, 4.69) is 12.2 Å². The number of methoxy groups -OCH3 is 1. The van der Waals surface area contributed by atoms with Crippen LogP contribution in [0, 0.1) is 22.0 Å². The molecule has 0 heterocycles. The highest BCUT2D eigenvalue weighted by atomic mass is 16.6. The normalized spacial score (nSPS) is 22.3. The minimum Gasteiger partial charge on any atom is -0.490 e. The molecule has 110 valence electrons. The van der Waals surface area contributed by atoms with Gasteiger partial charge >= 0.3 is 5.69 Å². The Hall–Kier alpha value is -1.78. The summed E-state index contributed by atoms with van der Waals surface area (Å²) in [4.78, 5) is 10.6. The maximum Gasteiger partial charge on any atom is 0.312 e. The second-order valence-electron chi connectivity index (χ2n) is 5.65. The third kappa shape index (κ3) is 3.62. The van der Waals surface area contributed by atoms with Crippen molar-refractivity contribution in [3.63, 3.8) is 0 Å². The maximum absolute atomic E-state index is 11.0. The SMILES string of the molecule is COc1ccc(NCC2CCC(C)CC2)cc1[N+](=O)[O-]. The summed E-state index contributed by atoms with van der Waals surface area (Å²) in [6.07, 6.45) is 5.06. The summed E-state index contributed by atoms with van der Waals surface area (Å²) in [6.45, 7) is 3.19. The molecule has 20 heavy (non-hydrogen) atoms. The van der Waals surface area contributed by atoms with Gasteiger partial charge < -0.3 is 10.1 Å². The maximum atomic E-state index is 11.0. The number of nitrogens with zero attached hydrogens (tertiary/aromatic N) is 1. The average molecular weight is 278 g/mol. The first-order valence-corrected chi connectivity index (χ1v) is 7.16. The van der Waals surface area contributed by atoms with Gasteiger partial charge in [-0.05, 0) is 36.8 Å². The predicted molar refractivity (Wildman–Crippen MR) is 79.3 cm³/mol. The molecule has 0 spiro atoms. The van der Waals surface area contributed by atoms with Crippen molar-refractivity contribution in [2.75, 3.05) is 19.0 Å². The monoisotopic (exact) mass is 278 g/mol. The third-order valence-corrected chi connectivity index (χ3v) is 4.11. The highest BCUT2D eigenvalue weighted by Crippen LogP contribution is 2.31. The largest absolute Gasteiger partial charge is 0.490 e. The van der Waals surface area contributed by atoms with Crippen LogP contribution in [0.15, 0.2) is 18.2 Å². The summed E-state index contributed by atoms with van der Waals surface area (Å²) >= 11 is 0. The lowest BCUT2D eigenvalue weighted by atomic mass is 9.83. The Morgan fingerprint density at radius 2 is 2.05 bits per heavy atom. The fourth-order valence-corrected chi connectivity index (χ4v) is 2.74. The number of hydrogen-bond acceptors (Lipinski definition) is 4. The molecule has 0 aromatic heterocycles. The van der Waals surface area contributed by atoms with Gasteiger partial charge in [-0.25, -0.2) is 0 Å². The Bertz CT molecular complexity index is 468. The van der Waals surface area contributed by atoms with Crippen molar-refractivity contribution in [1.29, 1.82) is 0 Å². The molecule has 1 fully saturated rings. The molecule has 1 aromatic carbocycles. The van der Waals surface area contributed by atoms with Gasteiger partial charge in [0.15, 0.2) is 5.75 Å². The van der Waals surface area contributed by atoms with Crippen LogP contribution >= 0.6 is 0 Å². The number of nitro benzene ring substituents is 1. The molecule has 0 unspecified atom stereocenters. The molecule has 1 N–H and O–H groups in total. The lowest BCUT2D eigenvalue weighted by Gasteiger charge is -2.26. The molecule has 5 heteroatoms. The van der Waals surface area contributed by atoms with Crippen LogP contribution < -0.4 is 10.1 Å². The molecule has 1 aromatic rings. The van der Waals surface area contributed by atoms with Crippen LogP contribution in [0.5, 0.6) is 5.75 Å². The second kappa shape index (κ2) is 6.59. The van der Waals surface area contributed by atoms with Gasteiger partial charge in [-0.1, -0.05) is 19.8 Å². The Morgan fingerprint density at radius 1 is 1.35 bits per heavy atom. The third-order valence-electron chi connectivity index (χ3n) is 4.11. The van der Waals surface area contributed by atoms with Gasteiger partial charge in [0, 0.05) is 18.3 Å². The van der Waals surface area contributed by atoms with Crippen molar-refractivity contribution in [3.05, 3.63) is 28.3 Å². The number of nitro groups is 1. The van der Waals surface area contributed by atoms with Gasteiger partial charge in [-0.15, -0.1) is 0 Å². The van der Waals surface area contributed by atoms with E-state index in [4.69, 9.17) is 4.74 Å². The van der Waals surface area contributed by atoms with Gasteiger partial charge in [0.2, 0.25) is 0 Å². The lowest BCUT2D eigenvalue weighted by molar-refractivity contribution is -0.385. The van der Waals surface area contributed by atoms with Crippen LogP contribution in [-0.4, -0.2) is 18.6 Å². The first-order chi connectivity index (χ1) is 9.60. The smallest absolute Gasteiger partial charge is 0.312 e. The highest BCUT2D eigenvalue weighted by molar-refractivity contribution is 5.58. The van der Waals surface area contributed by atoms with Crippen LogP contribution in [0.25, 0.3) is 0 Å². The summed E-state index contributed by atoms with van der Waals surface area (Å²) < 4.78 is 5.00. The zero-order valence-corrected chi connectivity index (χ0v) is 12.1. The number of benzene rings is 1. The molecule has 5 nitrogen and oxygen atoms in total. The van der Waals surface area contributed by atoms with Crippen molar-refractivity contribution in [1.82, 2.24) is 0 Å². The van der Waals surface area contributed by atoms with E-state index in [-0.39, 0.29) is 5.69 Å². The van der Waals surface area contributed by atoms with Crippen LogP contribution in [-0.2, 0) is 0 Å². The minimum absolute atomic E-state index is 0.00904. The predicted octanol–water partition coefficient (Wildman–Crippen LogP) is 3.84. The molecule has 0 bridgehead atoms. The van der Waals surface area contributed by atoms with Crippen molar-refractivity contribution in [3.8, 4) is 5.75 Å². The number of anilines is 1. The standard InChI is InChI=1S/C15H22N2O3/c1-11-3-5-12(6-4-11)10-16-13-7-8-15(20-2)14(9-13)17(18)19/h7-9,11-12,16H,3-6,10H2,1-2H3. The van der Waals surface area contributed by atoms with Crippen LogP contribution in [0.2, 0.25) is 0 Å². The fourth-order valence-electron chi connectivity index (χ4n) is 2.74. The summed E-state index contributed by atoms with van der Waals surface area (Å²) in [5.41, 5.74) is 0.797. The summed E-state index contributed by atoms with van der Waals surface area (Å²) in [7, 11) is 1.44. The first-order valence-electron chi connectivity index (χ1n) is 7.16. The van der Waals surface area contributed by atoms with Gasteiger partial charge in [-0.3, -0.25) is 10.1 Å². The number of hydrogen-bond donors (Lipinski definition) is 1. The topological polar surface area (TPSA) is 64.4 Å². The quantitative estimate of drug-likeness (QED) is 0.656. The molecule has 0 saturated heterocycles. The first kappa shape index (κ1) is 14.6. The molecule has 1 aliphatic carbocycles. The lowest BCUT2D eigenvalue weighted by Crippen LogP contribution is -2.20. The zero-order chi connectivity index (χ0) is 14.5. The zero-order valence-electron chi connectivity index (χ0n) is 12.1. The van der Waals surface area contributed by atoms with E-state index in [9.17, 15) is 10.1 Å². The van der Waals surface area contributed by atoms with E-state index in [1.807, 2.05) is 6.07 Å². The van der Waals surface area contributed by atoms with E-state index in [1.165, 1.54) is 32.8 Å². The minimum atomic E-state index is -0.410. The molecular formula is C15H22N2O3. The number of rotatable bonds is 5. The molecular weight excluding hydrogens is 256 g/mol. The fraction of sp³-hybridized carbons (Fsp3) is 0.600. The van der Waals surface area contributed by atoms with Crippen LogP contribution in [0.4, 0.5) is 11.4 Å². The Kier molecular flexibility index (Phi) is 4.82. The van der Waals surface area contributed by atoms with E-state index < -0.39 is 4.92 Å². The van der Waals surface area contributed by atoms with Gasteiger partial charge in [0.1, 0.15) is 0 Å². The van der Waals surface area contributed by atoms with E-state index in [1.54, 1.807) is 12.1 Å². The molecule has 0 radical (unpaired) electrons. The summed E-state index contributed by atoms with van der Waals surface area (Å²) in [5.74, 6) is 1.81.